The highest BCUT2D eigenvalue weighted by Gasteiger charge is 2.35. The molecule has 0 aliphatic heterocycles. The van der Waals surface area contributed by atoms with E-state index in [0.29, 0.717) is 12.4 Å². The molecule has 2 heterocycles. The van der Waals surface area contributed by atoms with E-state index in [1.54, 1.807) is 16.9 Å². The van der Waals surface area contributed by atoms with Crippen molar-refractivity contribution in [3.63, 3.8) is 0 Å². The molecule has 9 heteroatoms. The number of nitrogens with one attached hydrogen (secondary N) is 2. The van der Waals surface area contributed by atoms with Crippen LogP contribution in [0.4, 0.5) is 30.8 Å². The molecule has 0 fully saturated rings. The molecule has 0 bridgehead atoms. The molecule has 0 spiro atoms. The Balaban J connectivity index is 2.25. The average molecular weight is 286 g/mol. The molecule has 2 aromatic rings. The van der Waals surface area contributed by atoms with Gasteiger partial charge in [0, 0.05) is 32.1 Å². The SMILES string of the molecule is CCn1ccc(Nc2ncc(C(F)(F)F)c(NC)n2)n1. The number of halogens is 3. The van der Waals surface area contributed by atoms with Gasteiger partial charge >= 0.3 is 6.18 Å². The van der Waals surface area contributed by atoms with Crippen molar-refractivity contribution in [1.82, 2.24) is 19.7 Å². The first-order valence-electron chi connectivity index (χ1n) is 5.86. The summed E-state index contributed by atoms with van der Waals surface area (Å²) in [6, 6.07) is 1.68. The normalized spacial score (nSPS) is 11.4. The fourth-order valence-corrected chi connectivity index (χ4v) is 1.56. The van der Waals surface area contributed by atoms with Gasteiger partial charge in [-0.25, -0.2) is 4.98 Å². The number of hydrogen-bond donors (Lipinski definition) is 2. The van der Waals surface area contributed by atoms with Crippen LogP contribution in [0.5, 0.6) is 0 Å². The van der Waals surface area contributed by atoms with E-state index in [0.717, 1.165) is 6.20 Å². The van der Waals surface area contributed by atoms with Crippen molar-refractivity contribution in [3.05, 3.63) is 24.0 Å². The molecule has 0 aromatic carbocycles. The highest BCUT2D eigenvalue weighted by atomic mass is 19.4. The van der Waals surface area contributed by atoms with Crippen LogP contribution in [-0.4, -0.2) is 26.8 Å². The maximum absolute atomic E-state index is 12.7. The van der Waals surface area contributed by atoms with E-state index in [2.05, 4.69) is 25.7 Å². The van der Waals surface area contributed by atoms with E-state index < -0.39 is 11.7 Å². The van der Waals surface area contributed by atoms with Crippen molar-refractivity contribution < 1.29 is 13.2 Å². The summed E-state index contributed by atoms with van der Waals surface area (Å²) in [5.74, 6) is 0.224. The van der Waals surface area contributed by atoms with E-state index >= 15 is 0 Å². The number of aryl methyl sites for hydroxylation is 1. The van der Waals surface area contributed by atoms with Crippen molar-refractivity contribution in [2.45, 2.75) is 19.6 Å². The summed E-state index contributed by atoms with van der Waals surface area (Å²) < 4.78 is 39.7. The molecular formula is C11H13F3N6. The molecule has 0 saturated carbocycles. The summed E-state index contributed by atoms with van der Waals surface area (Å²) in [6.07, 6.45) is -2.02. The van der Waals surface area contributed by atoms with Crippen molar-refractivity contribution >= 4 is 17.6 Å². The van der Waals surface area contributed by atoms with Crippen LogP contribution in [0.15, 0.2) is 18.5 Å². The predicted molar refractivity (Wildman–Crippen MR) is 67.8 cm³/mol. The number of aromatic nitrogens is 4. The smallest absolute Gasteiger partial charge is 0.372 e. The van der Waals surface area contributed by atoms with Crippen molar-refractivity contribution in [1.29, 1.82) is 0 Å². The van der Waals surface area contributed by atoms with Gasteiger partial charge in [-0.15, -0.1) is 0 Å². The zero-order valence-corrected chi connectivity index (χ0v) is 10.9. The monoisotopic (exact) mass is 286 g/mol. The van der Waals surface area contributed by atoms with Gasteiger partial charge in [-0.05, 0) is 6.92 Å². The van der Waals surface area contributed by atoms with Crippen molar-refractivity contribution in [2.24, 2.45) is 0 Å². The molecule has 0 amide bonds. The molecule has 2 rings (SSSR count). The number of anilines is 3. The molecule has 0 atom stereocenters. The molecule has 2 aromatic heterocycles. The number of nitrogens with zero attached hydrogens (tertiary/aromatic N) is 4. The maximum Gasteiger partial charge on any atom is 0.421 e. The Morgan fingerprint density at radius 1 is 1.35 bits per heavy atom. The average Bonchev–Trinajstić information content (AvgIpc) is 2.85. The summed E-state index contributed by atoms with van der Waals surface area (Å²) in [6.45, 7) is 2.61. The Bertz CT molecular complexity index is 592. The number of alkyl halides is 3. The van der Waals surface area contributed by atoms with Crippen LogP contribution >= 0.6 is 0 Å². The minimum atomic E-state index is -4.50. The first kappa shape index (κ1) is 14.1. The largest absolute Gasteiger partial charge is 0.421 e. The Morgan fingerprint density at radius 2 is 2.10 bits per heavy atom. The van der Waals surface area contributed by atoms with E-state index in [-0.39, 0.29) is 11.8 Å². The van der Waals surface area contributed by atoms with Crippen LogP contribution in [0.25, 0.3) is 0 Å². The molecule has 20 heavy (non-hydrogen) atoms. The molecule has 6 nitrogen and oxygen atoms in total. The highest BCUT2D eigenvalue weighted by Crippen LogP contribution is 2.33. The maximum atomic E-state index is 12.7. The van der Waals surface area contributed by atoms with Gasteiger partial charge in [-0.2, -0.15) is 23.3 Å². The first-order chi connectivity index (χ1) is 9.44. The fraction of sp³-hybridized carbons (Fsp3) is 0.364. The second kappa shape index (κ2) is 5.35. The zero-order chi connectivity index (χ0) is 14.8. The molecule has 0 aliphatic rings. The second-order valence-electron chi connectivity index (χ2n) is 3.89. The first-order valence-corrected chi connectivity index (χ1v) is 5.86. The Hall–Kier alpha value is -2.32. The van der Waals surface area contributed by atoms with E-state index in [1.807, 2.05) is 6.92 Å². The van der Waals surface area contributed by atoms with Gasteiger partial charge in [0.25, 0.3) is 0 Å². The van der Waals surface area contributed by atoms with Crippen LogP contribution in [0, 0.1) is 0 Å². The van der Waals surface area contributed by atoms with Crippen LogP contribution < -0.4 is 10.6 Å². The molecular weight excluding hydrogens is 273 g/mol. The minimum absolute atomic E-state index is 0.0451. The van der Waals surface area contributed by atoms with E-state index in [9.17, 15) is 13.2 Å². The Morgan fingerprint density at radius 3 is 2.65 bits per heavy atom. The van der Waals surface area contributed by atoms with Crippen LogP contribution in [0.3, 0.4) is 0 Å². The lowest BCUT2D eigenvalue weighted by molar-refractivity contribution is -0.137. The summed E-state index contributed by atoms with van der Waals surface area (Å²) in [5.41, 5.74) is -0.912. The molecule has 0 aliphatic carbocycles. The lowest BCUT2D eigenvalue weighted by Crippen LogP contribution is -2.12. The molecule has 0 radical (unpaired) electrons. The molecule has 2 N–H and O–H groups in total. The fourth-order valence-electron chi connectivity index (χ4n) is 1.56. The minimum Gasteiger partial charge on any atom is -0.372 e. The summed E-state index contributed by atoms with van der Waals surface area (Å²) >= 11 is 0. The quantitative estimate of drug-likeness (QED) is 0.904. The van der Waals surface area contributed by atoms with Gasteiger partial charge in [0.15, 0.2) is 5.82 Å². The second-order valence-corrected chi connectivity index (χ2v) is 3.89. The third kappa shape index (κ3) is 2.98. The topological polar surface area (TPSA) is 67.7 Å². The predicted octanol–water partition coefficient (Wildman–Crippen LogP) is 2.50. The van der Waals surface area contributed by atoms with Crippen molar-refractivity contribution in [2.75, 3.05) is 17.7 Å². The Kier molecular flexibility index (Phi) is 3.77. The summed E-state index contributed by atoms with van der Waals surface area (Å²) in [4.78, 5) is 7.44. The molecule has 0 unspecified atom stereocenters. The lowest BCUT2D eigenvalue weighted by atomic mass is 10.3. The van der Waals surface area contributed by atoms with Gasteiger partial charge in [0.1, 0.15) is 11.4 Å². The molecule has 108 valence electrons. The van der Waals surface area contributed by atoms with Gasteiger partial charge in [-0.1, -0.05) is 0 Å². The third-order valence-electron chi connectivity index (χ3n) is 2.54. The van der Waals surface area contributed by atoms with Crippen molar-refractivity contribution in [3.8, 4) is 0 Å². The number of rotatable bonds is 4. The zero-order valence-electron chi connectivity index (χ0n) is 10.9. The van der Waals surface area contributed by atoms with Gasteiger partial charge < -0.3 is 10.6 Å². The number of hydrogen-bond acceptors (Lipinski definition) is 5. The lowest BCUT2D eigenvalue weighted by Gasteiger charge is -2.12. The summed E-state index contributed by atoms with van der Waals surface area (Å²) in [7, 11) is 1.37. The van der Waals surface area contributed by atoms with Gasteiger partial charge in [-0.3, -0.25) is 4.68 Å². The standard InChI is InChI=1S/C11H13F3N6/c1-3-20-5-4-8(19-20)17-10-16-6-7(11(12,13)14)9(15-2)18-10/h4-6H,3H2,1-2H3,(H2,15,16,17,18,19). The van der Waals surface area contributed by atoms with E-state index in [4.69, 9.17) is 0 Å². The van der Waals surface area contributed by atoms with E-state index in [1.165, 1.54) is 7.05 Å². The van der Waals surface area contributed by atoms with Crippen LogP contribution in [0.1, 0.15) is 12.5 Å². The Labute approximate surface area is 113 Å². The highest BCUT2D eigenvalue weighted by molar-refractivity contribution is 5.53. The molecule has 0 saturated heterocycles. The third-order valence-corrected chi connectivity index (χ3v) is 2.54. The van der Waals surface area contributed by atoms with Crippen LogP contribution in [0.2, 0.25) is 0 Å². The summed E-state index contributed by atoms with van der Waals surface area (Å²) in [5, 5.41) is 9.29. The van der Waals surface area contributed by atoms with Crippen LogP contribution in [-0.2, 0) is 12.7 Å². The van der Waals surface area contributed by atoms with Gasteiger partial charge in [0.2, 0.25) is 5.95 Å². The van der Waals surface area contributed by atoms with Gasteiger partial charge in [0.05, 0.1) is 0 Å².